The van der Waals surface area contributed by atoms with E-state index in [1.165, 1.54) is 0 Å². The average molecular weight is 147 g/mol. The van der Waals surface area contributed by atoms with Gasteiger partial charge < -0.3 is 16.0 Å². The van der Waals surface area contributed by atoms with E-state index >= 15 is 0 Å². The Labute approximate surface area is 55.3 Å². The van der Waals surface area contributed by atoms with E-state index in [2.05, 4.69) is 0 Å². The Morgan fingerprint density at radius 1 is 1.90 bits per heavy atom. The fourth-order valence-corrected chi connectivity index (χ4v) is 0.228. The van der Waals surface area contributed by atoms with Crippen molar-refractivity contribution in [2.24, 2.45) is 11.0 Å². The molecule has 0 aliphatic carbocycles. The van der Waals surface area contributed by atoms with Gasteiger partial charge in [-0.1, -0.05) is 4.91 Å². The molecule has 0 aliphatic rings. The normalized spacial score (nSPS) is 14.3. The highest BCUT2D eigenvalue weighted by molar-refractivity contribution is 5.90. The minimum absolute atomic E-state index is 0.440. The van der Waals surface area contributed by atoms with Crippen molar-refractivity contribution in [3.63, 3.8) is 0 Å². The smallest absolute Gasteiger partial charge is 0.330 e. The second-order valence-electron chi connectivity index (χ2n) is 1.40. The zero-order chi connectivity index (χ0) is 8.15. The Hall–Kier alpha value is -1.50. The standard InChI is InChI=1S/C3H5N3O4/c4-2(3(7)8)1-6(10)5-9/h1-2H,4H2,(H,7,8)/b6-1-/t2-/m0/s1. The van der Waals surface area contributed by atoms with E-state index in [4.69, 9.17) is 10.8 Å². The second-order valence-corrected chi connectivity index (χ2v) is 1.40. The molecule has 7 heteroatoms. The Morgan fingerprint density at radius 2 is 2.40 bits per heavy atom. The van der Waals surface area contributed by atoms with Crippen LogP contribution in [0.3, 0.4) is 0 Å². The molecule has 0 aromatic heterocycles. The van der Waals surface area contributed by atoms with Crippen molar-refractivity contribution < 1.29 is 14.7 Å². The summed E-state index contributed by atoms with van der Waals surface area (Å²) >= 11 is 0. The van der Waals surface area contributed by atoms with Gasteiger partial charge in [0, 0.05) is 0 Å². The summed E-state index contributed by atoms with van der Waals surface area (Å²) in [6, 6.07) is -1.49. The molecule has 0 saturated heterocycles. The predicted octanol–water partition coefficient (Wildman–Crippen LogP) is -1.34. The number of nitroso groups, excluding NO2 is 1. The third kappa shape index (κ3) is 2.72. The van der Waals surface area contributed by atoms with Crippen molar-refractivity contribution >= 4 is 12.2 Å². The molecule has 0 heterocycles. The molecule has 56 valence electrons. The predicted molar refractivity (Wildman–Crippen MR) is 31.1 cm³/mol. The van der Waals surface area contributed by atoms with E-state index < -0.39 is 16.9 Å². The van der Waals surface area contributed by atoms with E-state index in [0.29, 0.717) is 6.21 Å². The average Bonchev–Trinajstić information content (AvgIpc) is 1.87. The van der Waals surface area contributed by atoms with Crippen molar-refractivity contribution in [2.75, 3.05) is 0 Å². The lowest BCUT2D eigenvalue weighted by atomic mass is 10.4. The SMILES string of the molecule is N[C@@H](/C=[N+](\[O-])N=O)C(=O)O. The van der Waals surface area contributed by atoms with Crippen LogP contribution in [-0.2, 0) is 4.79 Å². The molecule has 0 radical (unpaired) electrons. The van der Waals surface area contributed by atoms with Crippen LogP contribution < -0.4 is 5.73 Å². The minimum atomic E-state index is -1.49. The maximum absolute atomic E-state index is 9.97. The summed E-state index contributed by atoms with van der Waals surface area (Å²) in [4.78, 5) is 18.8. The summed E-state index contributed by atoms with van der Waals surface area (Å²) in [7, 11) is 0. The molecule has 7 nitrogen and oxygen atoms in total. The van der Waals surface area contributed by atoms with Crippen LogP contribution in [0.4, 0.5) is 0 Å². The van der Waals surface area contributed by atoms with E-state index in [9.17, 15) is 14.9 Å². The van der Waals surface area contributed by atoms with E-state index in [0.717, 1.165) is 0 Å². The lowest BCUT2D eigenvalue weighted by Crippen LogP contribution is -2.33. The number of carboxylic acid groups (broad SMARTS) is 1. The zero-order valence-corrected chi connectivity index (χ0v) is 4.80. The Kier molecular flexibility index (Phi) is 2.98. The molecule has 0 rings (SSSR count). The van der Waals surface area contributed by atoms with Gasteiger partial charge in [-0.05, 0) is 4.85 Å². The topological polar surface area (TPSA) is 119 Å². The molecule has 3 N–H and O–H groups in total. The van der Waals surface area contributed by atoms with Gasteiger partial charge in [0.15, 0.2) is 6.04 Å². The Balaban J connectivity index is 4.11. The Bertz CT molecular complexity index is 177. The van der Waals surface area contributed by atoms with Crippen molar-refractivity contribution in [1.29, 1.82) is 0 Å². The third-order valence-electron chi connectivity index (χ3n) is 0.654. The molecule has 0 saturated carbocycles. The number of hydrogen-bond donors (Lipinski definition) is 2. The van der Waals surface area contributed by atoms with Gasteiger partial charge in [0.25, 0.3) is 5.29 Å². The fraction of sp³-hybridized carbons (Fsp3) is 0.333. The molecule has 0 spiro atoms. The van der Waals surface area contributed by atoms with Crippen molar-refractivity contribution in [2.45, 2.75) is 6.04 Å². The molecule has 0 fully saturated rings. The number of aliphatic carboxylic acids is 1. The lowest BCUT2D eigenvalue weighted by Gasteiger charge is -1.93. The fourth-order valence-electron chi connectivity index (χ4n) is 0.228. The molecule has 0 bridgehead atoms. The highest BCUT2D eigenvalue weighted by atomic mass is 16.6. The number of carbonyl (C=O) groups is 1. The summed E-state index contributed by atoms with van der Waals surface area (Å²) < 4.78 is 0. The summed E-state index contributed by atoms with van der Waals surface area (Å²) in [6.07, 6.45) is 0.440. The number of nitrogens with zero attached hydrogens (tertiary/aromatic N) is 2. The molecule has 1 atom stereocenters. The number of hydrogen-bond acceptors (Lipinski definition) is 5. The van der Waals surface area contributed by atoms with Crippen LogP contribution in [0.25, 0.3) is 0 Å². The molecule has 0 amide bonds. The van der Waals surface area contributed by atoms with Gasteiger partial charge in [0.05, 0.1) is 0 Å². The molecule has 0 aliphatic heterocycles. The van der Waals surface area contributed by atoms with Crippen LogP contribution in [0, 0.1) is 10.1 Å². The monoisotopic (exact) mass is 147 g/mol. The van der Waals surface area contributed by atoms with Crippen molar-refractivity contribution in [3.8, 4) is 0 Å². The van der Waals surface area contributed by atoms with E-state index in [1.54, 1.807) is 0 Å². The molecular weight excluding hydrogens is 142 g/mol. The summed E-state index contributed by atoms with van der Waals surface area (Å²) in [5, 5.41) is 19.9. The third-order valence-corrected chi connectivity index (χ3v) is 0.654. The maximum Gasteiger partial charge on any atom is 0.330 e. The molecule has 10 heavy (non-hydrogen) atoms. The minimum Gasteiger partial charge on any atom is -0.592 e. The quantitative estimate of drug-likeness (QED) is 0.168. The first-order valence-electron chi connectivity index (χ1n) is 2.21. The molecule has 0 aromatic rings. The highest BCUT2D eigenvalue weighted by Crippen LogP contribution is 1.74. The zero-order valence-electron chi connectivity index (χ0n) is 4.80. The van der Waals surface area contributed by atoms with Crippen LogP contribution >= 0.6 is 0 Å². The number of carboxylic acids is 1. The first-order valence-corrected chi connectivity index (χ1v) is 2.21. The van der Waals surface area contributed by atoms with Crippen LogP contribution in [0.15, 0.2) is 5.29 Å². The van der Waals surface area contributed by atoms with Gasteiger partial charge in [0.1, 0.15) is 0 Å². The van der Waals surface area contributed by atoms with Gasteiger partial charge >= 0.3 is 5.97 Å². The number of rotatable bonds is 3. The van der Waals surface area contributed by atoms with Crippen LogP contribution in [0.2, 0.25) is 0 Å². The van der Waals surface area contributed by atoms with Gasteiger partial charge in [-0.2, -0.15) is 0 Å². The molecular formula is C3H5N3O4. The summed E-state index contributed by atoms with van der Waals surface area (Å²) in [5.74, 6) is -1.40. The van der Waals surface area contributed by atoms with Crippen LogP contribution in [-0.4, -0.2) is 28.2 Å². The maximum atomic E-state index is 9.97. The number of nitrogens with two attached hydrogens (primary N) is 1. The van der Waals surface area contributed by atoms with Crippen LogP contribution in [0.5, 0.6) is 0 Å². The Morgan fingerprint density at radius 3 is 2.70 bits per heavy atom. The van der Waals surface area contributed by atoms with Crippen LogP contribution in [0.1, 0.15) is 0 Å². The van der Waals surface area contributed by atoms with Gasteiger partial charge in [0.2, 0.25) is 6.21 Å². The molecule has 0 aromatic carbocycles. The van der Waals surface area contributed by atoms with E-state index in [-0.39, 0.29) is 0 Å². The largest absolute Gasteiger partial charge is 0.592 e. The van der Waals surface area contributed by atoms with E-state index in [1.807, 2.05) is 5.29 Å². The lowest BCUT2D eigenvalue weighted by molar-refractivity contribution is -0.461. The molecule has 0 unspecified atom stereocenters. The first-order chi connectivity index (χ1) is 4.57. The second kappa shape index (κ2) is 3.51. The summed E-state index contributed by atoms with van der Waals surface area (Å²) in [5.41, 5.74) is 4.80. The van der Waals surface area contributed by atoms with Crippen molar-refractivity contribution in [1.82, 2.24) is 0 Å². The van der Waals surface area contributed by atoms with Gasteiger partial charge in [-0.15, -0.1) is 0 Å². The highest BCUT2D eigenvalue weighted by Gasteiger charge is 2.12. The summed E-state index contributed by atoms with van der Waals surface area (Å²) in [6.45, 7) is 0. The first kappa shape index (κ1) is 8.50. The van der Waals surface area contributed by atoms with Gasteiger partial charge in [-0.3, -0.25) is 0 Å². The van der Waals surface area contributed by atoms with Gasteiger partial charge in [-0.25, -0.2) is 4.79 Å². The van der Waals surface area contributed by atoms with Crippen molar-refractivity contribution in [3.05, 3.63) is 10.1 Å².